The van der Waals surface area contributed by atoms with Gasteiger partial charge in [0.25, 0.3) is 0 Å². The van der Waals surface area contributed by atoms with Gasteiger partial charge in [-0.2, -0.15) is 0 Å². The van der Waals surface area contributed by atoms with E-state index in [4.69, 9.17) is 4.52 Å². The molecule has 1 aliphatic rings. The zero-order valence-electron chi connectivity index (χ0n) is 14.0. The molecule has 3 aromatic rings. The van der Waals surface area contributed by atoms with Crippen LogP contribution in [0.3, 0.4) is 0 Å². The summed E-state index contributed by atoms with van der Waals surface area (Å²) in [5.41, 5.74) is 1.11. The number of anilines is 1. The highest BCUT2D eigenvalue weighted by atomic mass is 32.2. The van der Waals surface area contributed by atoms with Crippen LogP contribution in [0.25, 0.3) is 11.4 Å². The Labute approximate surface area is 153 Å². The van der Waals surface area contributed by atoms with Crippen LogP contribution in [0.1, 0.15) is 24.6 Å². The van der Waals surface area contributed by atoms with Gasteiger partial charge in [-0.05, 0) is 31.9 Å². The standard InChI is InChI=1S/C17H16FN5O2S/c1-10-8-15(25-22-10)19-14(24)9-26-17-21-20-16(23(17)11-6-7-11)12-4-2-3-5-13(12)18/h2-5,8,11H,6-7,9H2,1H3,(H,19,24). The summed E-state index contributed by atoms with van der Waals surface area (Å²) in [6.07, 6.45) is 1.99. The van der Waals surface area contributed by atoms with Crippen molar-refractivity contribution in [1.29, 1.82) is 0 Å². The minimum atomic E-state index is -0.336. The van der Waals surface area contributed by atoms with Crippen molar-refractivity contribution in [2.45, 2.75) is 31.0 Å². The van der Waals surface area contributed by atoms with Crippen molar-refractivity contribution in [1.82, 2.24) is 19.9 Å². The highest BCUT2D eigenvalue weighted by Crippen LogP contribution is 2.41. The number of halogens is 1. The number of rotatable bonds is 6. The third-order valence-electron chi connectivity index (χ3n) is 3.91. The molecular formula is C17H16FN5O2S. The third-order valence-corrected chi connectivity index (χ3v) is 4.86. The van der Waals surface area contributed by atoms with Crippen molar-refractivity contribution >= 4 is 23.6 Å². The first kappa shape index (κ1) is 16.8. The van der Waals surface area contributed by atoms with Crippen LogP contribution < -0.4 is 5.32 Å². The maximum Gasteiger partial charge on any atom is 0.237 e. The molecular weight excluding hydrogens is 357 g/mol. The molecule has 1 fully saturated rings. The van der Waals surface area contributed by atoms with E-state index in [1.807, 2.05) is 4.57 Å². The van der Waals surface area contributed by atoms with Gasteiger partial charge in [0, 0.05) is 12.1 Å². The first-order chi connectivity index (χ1) is 12.6. The Bertz CT molecular complexity index is 950. The van der Waals surface area contributed by atoms with Gasteiger partial charge in [-0.1, -0.05) is 29.1 Å². The summed E-state index contributed by atoms with van der Waals surface area (Å²) in [6, 6.07) is 8.39. The van der Waals surface area contributed by atoms with Crippen molar-refractivity contribution in [3.8, 4) is 11.4 Å². The number of nitrogens with zero attached hydrogens (tertiary/aromatic N) is 4. The number of aryl methyl sites for hydroxylation is 1. The number of carbonyl (C=O) groups excluding carboxylic acids is 1. The first-order valence-electron chi connectivity index (χ1n) is 8.17. The molecule has 134 valence electrons. The van der Waals surface area contributed by atoms with Gasteiger partial charge in [-0.3, -0.25) is 14.7 Å². The molecule has 0 atom stereocenters. The number of hydrogen-bond donors (Lipinski definition) is 1. The van der Waals surface area contributed by atoms with Crippen LogP contribution in [0.4, 0.5) is 10.3 Å². The van der Waals surface area contributed by atoms with E-state index in [0.29, 0.717) is 28.1 Å². The molecule has 0 bridgehead atoms. The molecule has 0 aliphatic heterocycles. The van der Waals surface area contributed by atoms with Crippen molar-refractivity contribution in [2.24, 2.45) is 0 Å². The fraction of sp³-hybridized carbons (Fsp3) is 0.294. The van der Waals surface area contributed by atoms with E-state index in [-0.39, 0.29) is 23.5 Å². The summed E-state index contributed by atoms with van der Waals surface area (Å²) in [5, 5.41) is 15.3. The molecule has 2 aromatic heterocycles. The Morgan fingerprint density at radius 2 is 2.19 bits per heavy atom. The number of thioether (sulfide) groups is 1. The Hall–Kier alpha value is -2.68. The summed E-state index contributed by atoms with van der Waals surface area (Å²) in [4.78, 5) is 12.1. The van der Waals surface area contributed by atoms with Gasteiger partial charge in [0.05, 0.1) is 17.0 Å². The maximum atomic E-state index is 14.1. The SMILES string of the molecule is Cc1cc(NC(=O)CSc2nnc(-c3ccccc3F)n2C2CC2)on1. The zero-order chi connectivity index (χ0) is 18.1. The smallest absolute Gasteiger partial charge is 0.237 e. The highest BCUT2D eigenvalue weighted by molar-refractivity contribution is 7.99. The van der Waals surface area contributed by atoms with Gasteiger partial charge in [0.1, 0.15) is 5.82 Å². The fourth-order valence-electron chi connectivity index (χ4n) is 2.59. The lowest BCUT2D eigenvalue weighted by Gasteiger charge is -2.09. The molecule has 0 radical (unpaired) electrons. The lowest BCUT2D eigenvalue weighted by atomic mass is 10.2. The Morgan fingerprint density at radius 1 is 1.38 bits per heavy atom. The van der Waals surface area contributed by atoms with Crippen LogP contribution in [0.15, 0.2) is 40.0 Å². The topological polar surface area (TPSA) is 85.8 Å². The number of hydrogen-bond acceptors (Lipinski definition) is 6. The number of carbonyl (C=O) groups is 1. The molecule has 1 aliphatic carbocycles. The van der Waals surface area contributed by atoms with Gasteiger partial charge in [-0.25, -0.2) is 4.39 Å². The quantitative estimate of drug-likeness (QED) is 0.666. The van der Waals surface area contributed by atoms with Crippen LogP contribution >= 0.6 is 11.8 Å². The second kappa shape index (κ2) is 6.91. The van der Waals surface area contributed by atoms with Gasteiger partial charge in [0.2, 0.25) is 11.8 Å². The van der Waals surface area contributed by atoms with E-state index in [1.54, 1.807) is 31.2 Å². The number of benzene rings is 1. The molecule has 1 N–H and O–H groups in total. The predicted octanol–water partition coefficient (Wildman–Crippen LogP) is 3.45. The summed E-state index contributed by atoms with van der Waals surface area (Å²) < 4.78 is 21.0. The molecule has 1 aromatic carbocycles. The third kappa shape index (κ3) is 3.48. The summed E-state index contributed by atoms with van der Waals surface area (Å²) >= 11 is 1.26. The summed E-state index contributed by atoms with van der Waals surface area (Å²) in [5.74, 6) is 0.380. The van der Waals surface area contributed by atoms with E-state index in [2.05, 4.69) is 20.7 Å². The molecule has 2 heterocycles. The van der Waals surface area contributed by atoms with Crippen LogP contribution in [-0.4, -0.2) is 31.6 Å². The molecule has 4 rings (SSSR count). The summed E-state index contributed by atoms with van der Waals surface area (Å²) in [7, 11) is 0. The average molecular weight is 373 g/mol. The van der Waals surface area contributed by atoms with Crippen molar-refractivity contribution in [3.63, 3.8) is 0 Å². The lowest BCUT2D eigenvalue weighted by Crippen LogP contribution is -2.14. The minimum absolute atomic E-state index is 0.141. The van der Waals surface area contributed by atoms with Crippen LogP contribution in [0, 0.1) is 12.7 Å². The van der Waals surface area contributed by atoms with Crippen LogP contribution in [-0.2, 0) is 4.79 Å². The molecule has 7 nitrogen and oxygen atoms in total. The lowest BCUT2D eigenvalue weighted by molar-refractivity contribution is -0.113. The van der Waals surface area contributed by atoms with Crippen LogP contribution in [0.5, 0.6) is 0 Å². The van der Waals surface area contributed by atoms with Gasteiger partial charge >= 0.3 is 0 Å². The van der Waals surface area contributed by atoms with Gasteiger partial charge in [-0.15, -0.1) is 10.2 Å². The largest absolute Gasteiger partial charge is 0.338 e. The predicted molar refractivity (Wildman–Crippen MR) is 94.3 cm³/mol. The normalized spacial score (nSPS) is 13.8. The van der Waals surface area contributed by atoms with Crippen molar-refractivity contribution in [2.75, 3.05) is 11.1 Å². The zero-order valence-corrected chi connectivity index (χ0v) is 14.8. The summed E-state index contributed by atoms with van der Waals surface area (Å²) in [6.45, 7) is 1.77. The first-order valence-corrected chi connectivity index (χ1v) is 9.16. The average Bonchev–Trinajstić information content (AvgIpc) is 3.25. The number of nitrogens with one attached hydrogen (secondary N) is 1. The Morgan fingerprint density at radius 3 is 2.88 bits per heavy atom. The Kier molecular flexibility index (Phi) is 4.46. The second-order valence-corrected chi connectivity index (χ2v) is 7.00. The van der Waals surface area contributed by atoms with Crippen LogP contribution in [0.2, 0.25) is 0 Å². The molecule has 1 saturated carbocycles. The molecule has 0 unspecified atom stereocenters. The Balaban J connectivity index is 1.50. The van der Waals surface area contributed by atoms with E-state index >= 15 is 0 Å². The van der Waals surface area contributed by atoms with Gasteiger partial charge < -0.3 is 4.52 Å². The van der Waals surface area contributed by atoms with E-state index in [1.165, 1.54) is 17.8 Å². The monoisotopic (exact) mass is 373 g/mol. The minimum Gasteiger partial charge on any atom is -0.338 e. The molecule has 0 spiro atoms. The number of aromatic nitrogens is 4. The number of amides is 1. The molecule has 1 amide bonds. The van der Waals surface area contributed by atoms with Crippen molar-refractivity contribution in [3.05, 3.63) is 41.8 Å². The maximum absolute atomic E-state index is 14.1. The second-order valence-electron chi connectivity index (χ2n) is 6.06. The molecule has 0 saturated heterocycles. The molecule has 26 heavy (non-hydrogen) atoms. The highest BCUT2D eigenvalue weighted by Gasteiger charge is 2.31. The van der Waals surface area contributed by atoms with E-state index in [0.717, 1.165) is 12.8 Å². The van der Waals surface area contributed by atoms with Gasteiger partial charge in [0.15, 0.2) is 11.0 Å². The molecule has 9 heteroatoms. The van der Waals surface area contributed by atoms with E-state index in [9.17, 15) is 9.18 Å². The van der Waals surface area contributed by atoms with E-state index < -0.39 is 0 Å². The van der Waals surface area contributed by atoms with Crippen molar-refractivity contribution < 1.29 is 13.7 Å². The fourth-order valence-corrected chi connectivity index (χ4v) is 3.40.